The van der Waals surface area contributed by atoms with Gasteiger partial charge in [-0.25, -0.2) is 8.42 Å². The maximum atomic E-state index is 10.7. The first-order valence-electron chi connectivity index (χ1n) is 3.94. The summed E-state index contributed by atoms with van der Waals surface area (Å²) < 4.78 is 31.1. The number of rotatable bonds is 1. The molecule has 0 radical (unpaired) electrons. The van der Waals surface area contributed by atoms with E-state index in [9.17, 15) is 18.2 Å². The summed E-state index contributed by atoms with van der Waals surface area (Å²) in [5, 5.41) is 9.13. The topological polar surface area (TPSA) is 102 Å². The van der Waals surface area contributed by atoms with Crippen molar-refractivity contribution in [1.82, 2.24) is 0 Å². The molecule has 0 aromatic rings. The number of aliphatic imine (C=N–C) groups is 2. The van der Waals surface area contributed by atoms with Crippen molar-refractivity contribution in [2.24, 2.45) is 9.98 Å². The minimum atomic E-state index is -4.67. The summed E-state index contributed by atoms with van der Waals surface area (Å²) in [6.07, 6.45) is 3.57. The summed E-state index contributed by atoms with van der Waals surface area (Å²) in [4.78, 5) is 7.18. The Morgan fingerprint density at radius 2 is 2.06 bits per heavy atom. The average Bonchev–Trinajstić information content (AvgIpc) is 2.39. The molecule has 2 aliphatic rings. The van der Waals surface area contributed by atoms with Crippen molar-refractivity contribution in [3.63, 3.8) is 0 Å². The third kappa shape index (κ3) is 2.33. The van der Waals surface area contributed by atoms with Crippen LogP contribution in [0.25, 0.3) is 0 Å². The number of hydrogen-bond donors (Lipinski definition) is 1. The SMILES string of the molecule is CC1=C[N+]2(O)C=C(S(=O)(=O)[O-])N=C2N=C1.[NaH]. The van der Waals surface area contributed by atoms with Crippen molar-refractivity contribution in [2.75, 3.05) is 0 Å². The third-order valence-corrected chi connectivity index (χ3v) is 2.59. The molecule has 7 nitrogen and oxygen atoms in total. The Morgan fingerprint density at radius 1 is 1.44 bits per heavy atom. The van der Waals surface area contributed by atoms with E-state index >= 15 is 0 Å². The zero-order chi connectivity index (χ0) is 11.3. The molecular weight excluding hydrogens is 245 g/mol. The second-order valence-electron chi connectivity index (χ2n) is 3.20. The zero-order valence-corrected chi connectivity index (χ0v) is 8.47. The number of guanidine groups is 1. The molecule has 0 aliphatic carbocycles. The summed E-state index contributed by atoms with van der Waals surface area (Å²) >= 11 is 0. The van der Waals surface area contributed by atoms with E-state index < -0.39 is 19.8 Å². The second-order valence-corrected chi connectivity index (χ2v) is 4.53. The van der Waals surface area contributed by atoms with Crippen LogP contribution in [0.4, 0.5) is 0 Å². The van der Waals surface area contributed by atoms with Gasteiger partial charge in [0.2, 0.25) is 5.03 Å². The third-order valence-electron chi connectivity index (χ3n) is 1.88. The fraction of sp³-hybridized carbons (Fsp3) is 0.143. The Labute approximate surface area is 114 Å². The van der Waals surface area contributed by atoms with Crippen molar-refractivity contribution in [1.29, 1.82) is 0 Å². The van der Waals surface area contributed by atoms with Gasteiger partial charge in [-0.15, -0.1) is 0 Å². The van der Waals surface area contributed by atoms with E-state index in [1.807, 2.05) is 0 Å². The Bertz CT molecular complexity index is 548. The number of hydrogen-bond acceptors (Lipinski definition) is 6. The van der Waals surface area contributed by atoms with Crippen molar-refractivity contribution >= 4 is 51.8 Å². The zero-order valence-electron chi connectivity index (χ0n) is 7.65. The van der Waals surface area contributed by atoms with Crippen LogP contribution in [0.2, 0.25) is 0 Å². The van der Waals surface area contributed by atoms with Gasteiger partial charge in [0.05, 0.1) is 0 Å². The average molecular weight is 253 g/mol. The summed E-state index contributed by atoms with van der Waals surface area (Å²) in [5.41, 5.74) is 0.636. The molecule has 0 spiro atoms. The Morgan fingerprint density at radius 3 is 2.62 bits per heavy atom. The summed E-state index contributed by atoms with van der Waals surface area (Å²) in [7, 11) is -4.67. The van der Waals surface area contributed by atoms with Crippen molar-refractivity contribution < 1.29 is 22.8 Å². The minimum absolute atomic E-state index is 0. The van der Waals surface area contributed by atoms with E-state index in [0.29, 0.717) is 5.57 Å². The molecule has 2 rings (SSSR count). The van der Waals surface area contributed by atoms with Crippen LogP contribution >= 0.6 is 0 Å². The van der Waals surface area contributed by atoms with Gasteiger partial charge in [0.1, 0.15) is 16.3 Å². The molecule has 16 heavy (non-hydrogen) atoms. The van der Waals surface area contributed by atoms with Crippen LogP contribution in [-0.4, -0.2) is 64.6 Å². The van der Waals surface area contributed by atoms with Gasteiger partial charge < -0.3 is 4.55 Å². The predicted octanol–water partition coefficient (Wildman–Crippen LogP) is -0.754. The van der Waals surface area contributed by atoms with Gasteiger partial charge in [-0.1, -0.05) is 4.65 Å². The van der Waals surface area contributed by atoms with Crippen LogP contribution in [0, 0.1) is 0 Å². The molecule has 1 atom stereocenters. The van der Waals surface area contributed by atoms with E-state index in [0.717, 1.165) is 6.20 Å². The van der Waals surface area contributed by atoms with E-state index in [2.05, 4.69) is 9.98 Å². The summed E-state index contributed by atoms with van der Waals surface area (Å²) in [5.74, 6) is -0.157. The van der Waals surface area contributed by atoms with Crippen molar-refractivity contribution in [3.8, 4) is 0 Å². The van der Waals surface area contributed by atoms with Crippen LogP contribution in [0.5, 0.6) is 0 Å². The normalized spacial score (nSPS) is 27.6. The molecule has 0 saturated heterocycles. The van der Waals surface area contributed by atoms with Gasteiger partial charge in [-0.05, 0) is 6.92 Å². The van der Waals surface area contributed by atoms with Crippen molar-refractivity contribution in [2.45, 2.75) is 6.92 Å². The Hall–Kier alpha value is -0.350. The molecule has 0 saturated carbocycles. The molecule has 0 aromatic carbocycles. The number of allylic oxidation sites excluding steroid dienone is 1. The van der Waals surface area contributed by atoms with Crippen LogP contribution in [0.15, 0.2) is 33.0 Å². The predicted molar refractivity (Wildman–Crippen MR) is 56.7 cm³/mol. The van der Waals surface area contributed by atoms with E-state index in [1.165, 1.54) is 12.4 Å². The second kappa shape index (κ2) is 4.15. The molecule has 0 fully saturated rings. The first kappa shape index (κ1) is 13.7. The summed E-state index contributed by atoms with van der Waals surface area (Å²) in [6, 6.07) is 0. The Kier molecular flexibility index (Phi) is 3.56. The molecule has 9 heteroatoms. The molecule has 1 N–H and O–H groups in total. The molecule has 0 aromatic heterocycles. The first-order valence-corrected chi connectivity index (χ1v) is 5.35. The fourth-order valence-corrected chi connectivity index (χ4v) is 1.76. The Balaban J connectivity index is 0.00000128. The van der Waals surface area contributed by atoms with Gasteiger partial charge >= 0.3 is 35.5 Å². The first-order chi connectivity index (χ1) is 6.81. The molecule has 2 heterocycles. The number of quaternary nitrogens is 1. The van der Waals surface area contributed by atoms with E-state index in [-0.39, 0.29) is 35.5 Å². The van der Waals surface area contributed by atoms with Crippen LogP contribution in [-0.2, 0) is 10.1 Å². The van der Waals surface area contributed by atoms with E-state index in [1.54, 1.807) is 6.92 Å². The molecule has 0 amide bonds. The van der Waals surface area contributed by atoms with Gasteiger partial charge in [-0.3, -0.25) is 0 Å². The molecule has 2 aliphatic heterocycles. The van der Waals surface area contributed by atoms with Gasteiger partial charge in [0.25, 0.3) is 0 Å². The number of hydroxylamine groups is 3. The van der Waals surface area contributed by atoms with Crippen molar-refractivity contribution in [3.05, 3.63) is 23.0 Å². The van der Waals surface area contributed by atoms with Crippen LogP contribution < -0.4 is 0 Å². The van der Waals surface area contributed by atoms with Gasteiger partial charge in [-0.2, -0.15) is 15.2 Å². The molecule has 1 unspecified atom stereocenters. The number of nitrogens with zero attached hydrogens (tertiary/aromatic N) is 3. The molecular formula is C7H8N3NaO4S. The maximum absolute atomic E-state index is 10.7. The summed E-state index contributed by atoms with van der Waals surface area (Å²) in [6.45, 7) is 1.67. The monoisotopic (exact) mass is 253 g/mol. The molecule has 82 valence electrons. The molecule has 0 bridgehead atoms. The quantitative estimate of drug-likeness (QED) is 0.377. The number of fused-ring (bicyclic) bond motifs is 1. The van der Waals surface area contributed by atoms with Crippen LogP contribution in [0.3, 0.4) is 0 Å². The fourth-order valence-electron chi connectivity index (χ4n) is 1.27. The van der Waals surface area contributed by atoms with Gasteiger partial charge in [0.15, 0.2) is 6.20 Å². The van der Waals surface area contributed by atoms with Gasteiger partial charge in [0, 0.05) is 11.8 Å². The standard InChI is InChI=1S/C7H7N3O4S.Na.H/c1-5-2-8-7-9-6(15(12,13)14)4-10(7,11)3-5;;/h2-4,11H,1H3;;. The van der Waals surface area contributed by atoms with E-state index in [4.69, 9.17) is 0 Å². The van der Waals surface area contributed by atoms with Crippen LogP contribution in [0.1, 0.15) is 6.92 Å².